The molecule has 0 saturated carbocycles. The lowest BCUT2D eigenvalue weighted by Gasteiger charge is -2.00. The Bertz CT molecular complexity index is 503. The first-order valence-corrected chi connectivity index (χ1v) is 5.09. The van der Waals surface area contributed by atoms with Gasteiger partial charge in [0, 0.05) is 5.57 Å². The lowest BCUT2D eigenvalue weighted by Crippen LogP contribution is -1.91. The fourth-order valence-corrected chi connectivity index (χ4v) is 1.52. The van der Waals surface area contributed by atoms with Crippen LogP contribution in [-0.2, 0) is 0 Å². The molecule has 1 nitrogen and oxygen atoms in total. The number of benzene rings is 1. The quantitative estimate of drug-likeness (QED) is 0.521. The Morgan fingerprint density at radius 2 is 2.13 bits per heavy atom. The molecule has 1 aliphatic rings. The summed E-state index contributed by atoms with van der Waals surface area (Å²) in [6.07, 6.45) is 5.80. The SMILES string of the molecule is CC(=Nc1ccccc1Cl)C1=C=CC=C1. The summed E-state index contributed by atoms with van der Waals surface area (Å²) in [7, 11) is 0. The van der Waals surface area contributed by atoms with Gasteiger partial charge in [0.25, 0.3) is 0 Å². The third-order valence-electron chi connectivity index (χ3n) is 2.13. The van der Waals surface area contributed by atoms with Crippen molar-refractivity contribution in [2.45, 2.75) is 6.92 Å². The maximum Gasteiger partial charge on any atom is 0.0819 e. The summed E-state index contributed by atoms with van der Waals surface area (Å²) >= 11 is 6.01. The Morgan fingerprint density at radius 1 is 1.33 bits per heavy atom. The normalized spacial score (nSPS) is 14.5. The first-order valence-electron chi connectivity index (χ1n) is 4.71. The van der Waals surface area contributed by atoms with Crippen LogP contribution in [0.5, 0.6) is 0 Å². The molecule has 0 atom stereocenters. The molecular formula is C13H10ClN. The highest BCUT2D eigenvalue weighted by Crippen LogP contribution is 2.24. The van der Waals surface area contributed by atoms with Crippen LogP contribution in [-0.4, -0.2) is 5.71 Å². The van der Waals surface area contributed by atoms with Crippen LogP contribution in [0.4, 0.5) is 5.69 Å². The van der Waals surface area contributed by atoms with Crippen LogP contribution < -0.4 is 0 Å². The fourth-order valence-electron chi connectivity index (χ4n) is 1.34. The minimum Gasteiger partial charge on any atom is -0.251 e. The molecule has 74 valence electrons. The molecule has 0 aromatic heterocycles. The minimum atomic E-state index is 0.670. The summed E-state index contributed by atoms with van der Waals surface area (Å²) in [5.74, 6) is 0. The number of rotatable bonds is 2. The summed E-state index contributed by atoms with van der Waals surface area (Å²) in [6.45, 7) is 1.95. The molecule has 2 rings (SSSR count). The molecular weight excluding hydrogens is 206 g/mol. The van der Waals surface area contributed by atoms with Gasteiger partial charge in [0.15, 0.2) is 0 Å². The van der Waals surface area contributed by atoms with Gasteiger partial charge in [-0.05, 0) is 31.2 Å². The number of aliphatic imine (C=N–C) groups is 1. The van der Waals surface area contributed by atoms with Crippen LogP contribution in [0, 0.1) is 0 Å². The summed E-state index contributed by atoms with van der Waals surface area (Å²) in [6, 6.07) is 7.55. The van der Waals surface area contributed by atoms with Crippen molar-refractivity contribution in [1.29, 1.82) is 0 Å². The first kappa shape index (κ1) is 9.97. The number of para-hydroxylation sites is 1. The Morgan fingerprint density at radius 3 is 2.80 bits per heavy atom. The van der Waals surface area contributed by atoms with E-state index in [1.807, 2.05) is 49.4 Å². The molecule has 0 radical (unpaired) electrons. The van der Waals surface area contributed by atoms with Crippen molar-refractivity contribution < 1.29 is 0 Å². The topological polar surface area (TPSA) is 12.4 Å². The van der Waals surface area contributed by atoms with Gasteiger partial charge >= 0.3 is 0 Å². The van der Waals surface area contributed by atoms with Gasteiger partial charge in [-0.25, -0.2) is 0 Å². The van der Waals surface area contributed by atoms with E-state index in [0.29, 0.717) is 5.02 Å². The highest BCUT2D eigenvalue weighted by Gasteiger charge is 2.01. The molecule has 0 spiro atoms. The summed E-state index contributed by atoms with van der Waals surface area (Å²) in [5, 5.41) is 0.670. The zero-order valence-electron chi connectivity index (χ0n) is 8.37. The summed E-state index contributed by atoms with van der Waals surface area (Å²) in [4.78, 5) is 4.45. The number of hydrogen-bond acceptors (Lipinski definition) is 1. The number of halogens is 1. The van der Waals surface area contributed by atoms with E-state index in [1.54, 1.807) is 0 Å². The Kier molecular flexibility index (Phi) is 2.86. The van der Waals surface area contributed by atoms with Gasteiger partial charge in [-0.2, -0.15) is 0 Å². The molecule has 0 N–H and O–H groups in total. The van der Waals surface area contributed by atoms with Crippen molar-refractivity contribution in [3.8, 4) is 0 Å². The average Bonchev–Trinajstić information content (AvgIpc) is 2.74. The molecule has 1 aromatic rings. The van der Waals surface area contributed by atoms with E-state index in [1.165, 1.54) is 0 Å². The van der Waals surface area contributed by atoms with Crippen LogP contribution >= 0.6 is 11.6 Å². The van der Waals surface area contributed by atoms with Gasteiger partial charge in [-0.1, -0.05) is 29.8 Å². The largest absolute Gasteiger partial charge is 0.251 e. The molecule has 0 amide bonds. The minimum absolute atomic E-state index is 0.670. The second-order valence-electron chi connectivity index (χ2n) is 3.23. The van der Waals surface area contributed by atoms with Crippen LogP contribution in [0.2, 0.25) is 5.02 Å². The van der Waals surface area contributed by atoms with Gasteiger partial charge in [-0.15, -0.1) is 5.73 Å². The first-order chi connectivity index (χ1) is 7.27. The maximum atomic E-state index is 6.01. The molecule has 0 bridgehead atoms. The lowest BCUT2D eigenvalue weighted by atomic mass is 10.2. The monoisotopic (exact) mass is 215 g/mol. The zero-order valence-corrected chi connectivity index (χ0v) is 9.12. The molecule has 1 aliphatic carbocycles. The van der Waals surface area contributed by atoms with Gasteiger partial charge in [0.2, 0.25) is 0 Å². The van der Waals surface area contributed by atoms with Crippen molar-refractivity contribution >= 4 is 23.0 Å². The smallest absolute Gasteiger partial charge is 0.0819 e. The Labute approximate surface area is 94.1 Å². The molecule has 2 heteroatoms. The summed E-state index contributed by atoms with van der Waals surface area (Å²) in [5.41, 5.74) is 5.83. The molecule has 0 heterocycles. The highest BCUT2D eigenvalue weighted by atomic mass is 35.5. The average molecular weight is 216 g/mol. The third-order valence-corrected chi connectivity index (χ3v) is 2.45. The molecule has 0 fully saturated rings. The number of nitrogens with zero attached hydrogens (tertiary/aromatic N) is 1. The predicted molar refractivity (Wildman–Crippen MR) is 65.0 cm³/mol. The fraction of sp³-hybridized carbons (Fsp3) is 0.0769. The van der Waals surface area contributed by atoms with Gasteiger partial charge in [0.05, 0.1) is 16.4 Å². The third kappa shape index (κ3) is 2.27. The van der Waals surface area contributed by atoms with Crippen LogP contribution in [0.25, 0.3) is 0 Å². The predicted octanol–water partition coefficient (Wildman–Crippen LogP) is 4.08. The number of hydrogen-bond donors (Lipinski definition) is 0. The van der Waals surface area contributed by atoms with Crippen molar-refractivity contribution in [2.24, 2.45) is 4.99 Å². The van der Waals surface area contributed by atoms with E-state index >= 15 is 0 Å². The van der Waals surface area contributed by atoms with Gasteiger partial charge < -0.3 is 0 Å². The second kappa shape index (κ2) is 4.31. The number of allylic oxidation sites excluding steroid dienone is 3. The summed E-state index contributed by atoms with van der Waals surface area (Å²) < 4.78 is 0. The maximum absolute atomic E-state index is 6.01. The zero-order chi connectivity index (χ0) is 10.7. The Balaban J connectivity index is 2.35. The van der Waals surface area contributed by atoms with E-state index < -0.39 is 0 Å². The van der Waals surface area contributed by atoms with Gasteiger partial charge in [-0.3, -0.25) is 4.99 Å². The van der Waals surface area contributed by atoms with Crippen LogP contribution in [0.15, 0.2) is 58.8 Å². The van der Waals surface area contributed by atoms with Crippen molar-refractivity contribution in [2.75, 3.05) is 0 Å². The lowest BCUT2D eigenvalue weighted by molar-refractivity contribution is 1.49. The van der Waals surface area contributed by atoms with Crippen LogP contribution in [0.1, 0.15) is 6.92 Å². The highest BCUT2D eigenvalue weighted by molar-refractivity contribution is 6.33. The van der Waals surface area contributed by atoms with E-state index in [2.05, 4.69) is 10.7 Å². The second-order valence-corrected chi connectivity index (χ2v) is 3.64. The molecule has 0 aliphatic heterocycles. The van der Waals surface area contributed by atoms with Gasteiger partial charge in [0.1, 0.15) is 0 Å². The molecule has 0 unspecified atom stereocenters. The van der Waals surface area contributed by atoms with E-state index in [-0.39, 0.29) is 0 Å². The molecule has 1 aromatic carbocycles. The van der Waals surface area contributed by atoms with Crippen molar-refractivity contribution in [3.05, 3.63) is 58.8 Å². The van der Waals surface area contributed by atoms with E-state index in [0.717, 1.165) is 17.0 Å². The van der Waals surface area contributed by atoms with Crippen molar-refractivity contribution in [1.82, 2.24) is 0 Å². The Hall–Kier alpha value is -1.56. The van der Waals surface area contributed by atoms with E-state index in [9.17, 15) is 0 Å². The van der Waals surface area contributed by atoms with Crippen molar-refractivity contribution in [3.63, 3.8) is 0 Å². The van der Waals surface area contributed by atoms with Crippen LogP contribution in [0.3, 0.4) is 0 Å². The molecule has 15 heavy (non-hydrogen) atoms. The standard InChI is InChI=1S/C13H10ClN/c1-10(11-6-2-3-7-11)15-13-9-5-4-8-12(13)14/h2-6,8-9H,1H3. The van der Waals surface area contributed by atoms with E-state index in [4.69, 9.17) is 11.6 Å². The molecule has 0 saturated heterocycles.